The average molecular weight is 242 g/mol. The van der Waals surface area contributed by atoms with E-state index in [1.807, 2.05) is 0 Å². The predicted octanol–water partition coefficient (Wildman–Crippen LogP) is 2.16. The monoisotopic (exact) mass is 242 g/mol. The Balaban J connectivity index is 2.24. The van der Waals surface area contributed by atoms with Gasteiger partial charge >= 0.3 is 0 Å². The molecule has 0 bridgehead atoms. The lowest BCUT2D eigenvalue weighted by atomic mass is 9.74. The van der Waals surface area contributed by atoms with Crippen molar-refractivity contribution in [1.29, 1.82) is 0 Å². The molecule has 0 saturated carbocycles. The normalized spacial score (nSPS) is 19.6. The van der Waals surface area contributed by atoms with Crippen molar-refractivity contribution >= 4 is 0 Å². The summed E-state index contributed by atoms with van der Waals surface area (Å²) in [5.41, 5.74) is 6.28. The molecule has 1 aliphatic heterocycles. The van der Waals surface area contributed by atoms with Crippen molar-refractivity contribution in [2.75, 3.05) is 26.3 Å². The van der Waals surface area contributed by atoms with Crippen LogP contribution in [0.5, 0.6) is 0 Å². The zero-order valence-corrected chi connectivity index (χ0v) is 12.0. The molecule has 0 unspecified atom stereocenters. The Labute approximate surface area is 106 Å². The van der Waals surface area contributed by atoms with Crippen LogP contribution >= 0.6 is 0 Å². The van der Waals surface area contributed by atoms with Crippen LogP contribution in [0.25, 0.3) is 0 Å². The summed E-state index contributed by atoms with van der Waals surface area (Å²) in [6.07, 6.45) is 3.44. The van der Waals surface area contributed by atoms with Gasteiger partial charge in [-0.25, -0.2) is 0 Å². The lowest BCUT2D eigenvalue weighted by Gasteiger charge is -2.37. The highest BCUT2D eigenvalue weighted by molar-refractivity contribution is 4.83. The Morgan fingerprint density at radius 1 is 1.18 bits per heavy atom. The third kappa shape index (κ3) is 5.84. The number of nitrogens with two attached hydrogens (primary N) is 1. The molecule has 102 valence electrons. The van der Waals surface area contributed by atoms with Crippen LogP contribution < -0.4 is 11.1 Å². The fourth-order valence-electron chi connectivity index (χ4n) is 2.44. The van der Waals surface area contributed by atoms with Gasteiger partial charge in [0.1, 0.15) is 0 Å². The van der Waals surface area contributed by atoms with E-state index in [0.717, 1.165) is 38.6 Å². The van der Waals surface area contributed by atoms with Crippen LogP contribution in [0.1, 0.15) is 47.0 Å². The van der Waals surface area contributed by atoms with Gasteiger partial charge in [0, 0.05) is 25.3 Å². The van der Waals surface area contributed by atoms with E-state index in [1.165, 1.54) is 12.8 Å². The molecule has 1 fully saturated rings. The van der Waals surface area contributed by atoms with Crippen molar-refractivity contribution in [3.63, 3.8) is 0 Å². The highest BCUT2D eigenvalue weighted by Crippen LogP contribution is 2.33. The summed E-state index contributed by atoms with van der Waals surface area (Å²) >= 11 is 0. The fourth-order valence-corrected chi connectivity index (χ4v) is 2.44. The summed E-state index contributed by atoms with van der Waals surface area (Å²) in [6.45, 7) is 12.8. The summed E-state index contributed by atoms with van der Waals surface area (Å²) < 4.78 is 5.43. The van der Waals surface area contributed by atoms with Crippen molar-refractivity contribution < 1.29 is 4.74 Å². The second-order valence-corrected chi connectivity index (χ2v) is 6.79. The van der Waals surface area contributed by atoms with E-state index >= 15 is 0 Å². The maximum Gasteiger partial charge on any atom is 0.0468 e. The molecule has 1 heterocycles. The molecule has 0 atom stereocenters. The molecule has 1 saturated heterocycles. The molecule has 0 aliphatic carbocycles. The third-order valence-corrected chi connectivity index (χ3v) is 3.85. The van der Waals surface area contributed by atoms with E-state index in [1.54, 1.807) is 0 Å². The number of ether oxygens (including phenoxy) is 1. The van der Waals surface area contributed by atoms with Gasteiger partial charge < -0.3 is 15.8 Å². The van der Waals surface area contributed by atoms with E-state index in [0.29, 0.717) is 5.41 Å². The second-order valence-electron chi connectivity index (χ2n) is 6.79. The Hall–Kier alpha value is -0.120. The second kappa shape index (κ2) is 6.17. The van der Waals surface area contributed by atoms with E-state index in [-0.39, 0.29) is 5.54 Å². The van der Waals surface area contributed by atoms with Crippen LogP contribution in [0.3, 0.4) is 0 Å². The highest BCUT2D eigenvalue weighted by Gasteiger charge is 2.30. The average Bonchev–Trinajstić information content (AvgIpc) is 2.25. The third-order valence-electron chi connectivity index (χ3n) is 3.85. The Bertz CT molecular complexity index is 215. The minimum Gasteiger partial charge on any atom is -0.381 e. The van der Waals surface area contributed by atoms with Gasteiger partial charge in [0.25, 0.3) is 0 Å². The Morgan fingerprint density at radius 3 is 2.29 bits per heavy atom. The van der Waals surface area contributed by atoms with E-state index in [4.69, 9.17) is 10.5 Å². The standard InChI is InChI=1S/C14H30N2O/c1-13(2,12-5-9-17-10-6-12)11-16-8-7-14(3,4)15/h12,16H,5-11,15H2,1-4H3. The van der Waals surface area contributed by atoms with Crippen LogP contribution in [0.15, 0.2) is 0 Å². The van der Waals surface area contributed by atoms with Crippen LogP contribution in [0, 0.1) is 11.3 Å². The summed E-state index contributed by atoms with van der Waals surface area (Å²) in [6, 6.07) is 0. The summed E-state index contributed by atoms with van der Waals surface area (Å²) in [5, 5.41) is 3.56. The van der Waals surface area contributed by atoms with Gasteiger partial charge in [-0.3, -0.25) is 0 Å². The lowest BCUT2D eigenvalue weighted by Crippen LogP contribution is -2.41. The number of rotatable bonds is 6. The molecule has 0 aromatic carbocycles. The first kappa shape index (κ1) is 14.9. The van der Waals surface area contributed by atoms with Gasteiger partial charge in [0.15, 0.2) is 0 Å². The zero-order valence-electron chi connectivity index (χ0n) is 12.0. The lowest BCUT2D eigenvalue weighted by molar-refractivity contribution is 0.0228. The molecule has 3 heteroatoms. The van der Waals surface area contributed by atoms with Crippen molar-refractivity contribution in [3.05, 3.63) is 0 Å². The van der Waals surface area contributed by atoms with Crippen LogP contribution in [-0.4, -0.2) is 31.8 Å². The van der Waals surface area contributed by atoms with Gasteiger partial charge in [-0.1, -0.05) is 13.8 Å². The minimum absolute atomic E-state index is 0.0597. The SMILES string of the molecule is CC(C)(N)CCNCC(C)(C)C1CCOCC1. The van der Waals surface area contributed by atoms with Gasteiger partial charge in [0.05, 0.1) is 0 Å². The number of nitrogens with one attached hydrogen (secondary N) is 1. The summed E-state index contributed by atoms with van der Waals surface area (Å²) in [4.78, 5) is 0. The maximum absolute atomic E-state index is 5.97. The smallest absolute Gasteiger partial charge is 0.0468 e. The topological polar surface area (TPSA) is 47.3 Å². The molecule has 0 radical (unpaired) electrons. The van der Waals surface area contributed by atoms with Crippen molar-refractivity contribution in [2.45, 2.75) is 52.5 Å². The van der Waals surface area contributed by atoms with E-state index in [2.05, 4.69) is 33.0 Å². The van der Waals surface area contributed by atoms with Crippen LogP contribution in [0.2, 0.25) is 0 Å². The molecule has 0 amide bonds. The minimum atomic E-state index is -0.0597. The van der Waals surface area contributed by atoms with Gasteiger partial charge in [-0.15, -0.1) is 0 Å². The molecular weight excluding hydrogens is 212 g/mol. The Morgan fingerprint density at radius 2 is 1.76 bits per heavy atom. The van der Waals surface area contributed by atoms with Crippen molar-refractivity contribution in [1.82, 2.24) is 5.32 Å². The Kier molecular flexibility index (Phi) is 5.42. The number of hydrogen-bond donors (Lipinski definition) is 2. The van der Waals surface area contributed by atoms with Gasteiger partial charge in [-0.05, 0) is 51.0 Å². The molecule has 3 N–H and O–H groups in total. The summed E-state index contributed by atoms with van der Waals surface area (Å²) in [5.74, 6) is 0.787. The number of hydrogen-bond acceptors (Lipinski definition) is 3. The molecular formula is C14H30N2O. The largest absolute Gasteiger partial charge is 0.381 e. The van der Waals surface area contributed by atoms with E-state index in [9.17, 15) is 0 Å². The highest BCUT2D eigenvalue weighted by atomic mass is 16.5. The molecule has 0 aromatic heterocycles. The molecule has 0 aromatic rings. The first-order valence-corrected chi connectivity index (χ1v) is 6.89. The first-order valence-electron chi connectivity index (χ1n) is 6.89. The first-order chi connectivity index (χ1) is 7.81. The molecule has 17 heavy (non-hydrogen) atoms. The van der Waals surface area contributed by atoms with E-state index < -0.39 is 0 Å². The molecule has 3 nitrogen and oxygen atoms in total. The molecule has 1 aliphatic rings. The van der Waals surface area contributed by atoms with Crippen molar-refractivity contribution in [3.8, 4) is 0 Å². The molecule has 1 rings (SSSR count). The maximum atomic E-state index is 5.97. The van der Waals surface area contributed by atoms with Crippen LogP contribution in [0.4, 0.5) is 0 Å². The van der Waals surface area contributed by atoms with Crippen molar-refractivity contribution in [2.24, 2.45) is 17.1 Å². The quantitative estimate of drug-likeness (QED) is 0.702. The van der Waals surface area contributed by atoms with Gasteiger partial charge in [-0.2, -0.15) is 0 Å². The van der Waals surface area contributed by atoms with Gasteiger partial charge in [0.2, 0.25) is 0 Å². The van der Waals surface area contributed by atoms with Crippen LogP contribution in [-0.2, 0) is 4.74 Å². The predicted molar refractivity (Wildman–Crippen MR) is 73.1 cm³/mol. The zero-order chi connectivity index (χ0) is 12.9. The summed E-state index contributed by atoms with van der Waals surface area (Å²) in [7, 11) is 0. The molecule has 0 spiro atoms. The fraction of sp³-hybridized carbons (Fsp3) is 1.00.